The van der Waals surface area contributed by atoms with Gasteiger partial charge in [-0.05, 0) is 46.9 Å². The van der Waals surface area contributed by atoms with E-state index in [9.17, 15) is 19.7 Å². The number of methoxy groups -OCH3 is 1. The zero-order valence-electron chi connectivity index (χ0n) is 11.9. The Morgan fingerprint density at radius 3 is 2.48 bits per heavy atom. The van der Waals surface area contributed by atoms with Crippen LogP contribution in [0.2, 0.25) is 0 Å². The minimum atomic E-state index is -0.753. The van der Waals surface area contributed by atoms with Gasteiger partial charge in [-0.3, -0.25) is 14.9 Å². The summed E-state index contributed by atoms with van der Waals surface area (Å²) in [6.07, 6.45) is 0. The first-order chi connectivity index (χ1) is 10.9. The number of amides is 1. The maximum atomic E-state index is 12.3. The van der Waals surface area contributed by atoms with Gasteiger partial charge in [0.2, 0.25) is 0 Å². The van der Waals surface area contributed by atoms with E-state index in [-0.39, 0.29) is 16.8 Å². The van der Waals surface area contributed by atoms with Crippen LogP contribution in [0.15, 0.2) is 42.5 Å². The largest absolute Gasteiger partial charge is 0.465 e. The third kappa shape index (κ3) is 4.25. The second-order valence-electron chi connectivity index (χ2n) is 4.48. The van der Waals surface area contributed by atoms with Gasteiger partial charge in [0.1, 0.15) is 0 Å². The predicted octanol–water partition coefficient (Wildman–Crippen LogP) is 3.24. The number of non-ortho nitro benzene ring substituents is 1. The van der Waals surface area contributed by atoms with E-state index in [1.165, 1.54) is 6.07 Å². The van der Waals surface area contributed by atoms with Gasteiger partial charge in [-0.15, -0.1) is 0 Å². The summed E-state index contributed by atoms with van der Waals surface area (Å²) < 4.78 is 5.47. The molecule has 2 aromatic rings. The topological polar surface area (TPSA) is 98.5 Å². The van der Waals surface area contributed by atoms with Crippen molar-refractivity contribution < 1.29 is 19.2 Å². The Morgan fingerprint density at radius 1 is 1.17 bits per heavy atom. The molecule has 8 heteroatoms. The fourth-order valence-electron chi connectivity index (χ4n) is 1.85. The normalized spacial score (nSPS) is 10.0. The molecule has 0 aliphatic heterocycles. The molecule has 0 aliphatic carbocycles. The minimum Gasteiger partial charge on any atom is -0.465 e. The van der Waals surface area contributed by atoms with Crippen molar-refractivity contribution >= 4 is 45.8 Å². The molecule has 0 aromatic heterocycles. The highest BCUT2D eigenvalue weighted by atomic mass is 127. The van der Waals surface area contributed by atoms with Gasteiger partial charge < -0.3 is 10.1 Å². The van der Waals surface area contributed by atoms with E-state index >= 15 is 0 Å². The summed E-state index contributed by atoms with van der Waals surface area (Å²) >= 11 is 2.10. The molecule has 0 saturated carbocycles. The number of nitrogens with zero attached hydrogens (tertiary/aromatic N) is 1. The number of benzene rings is 2. The van der Waals surface area contributed by atoms with E-state index < -0.39 is 16.8 Å². The van der Waals surface area contributed by atoms with Gasteiger partial charge in [0.05, 0.1) is 17.6 Å². The van der Waals surface area contributed by atoms with Crippen LogP contribution in [0.5, 0.6) is 0 Å². The molecule has 0 saturated heterocycles. The molecule has 0 aliphatic rings. The van der Waals surface area contributed by atoms with Crippen LogP contribution in [-0.4, -0.2) is 23.9 Å². The van der Waals surface area contributed by atoms with Gasteiger partial charge in [-0.1, -0.05) is 6.07 Å². The summed E-state index contributed by atoms with van der Waals surface area (Å²) in [7, 11) is 1.16. The van der Waals surface area contributed by atoms with Crippen molar-refractivity contribution in [2.75, 3.05) is 12.4 Å². The van der Waals surface area contributed by atoms with Crippen molar-refractivity contribution in [3.8, 4) is 0 Å². The molecule has 2 rings (SSSR count). The fraction of sp³-hybridized carbons (Fsp3) is 0.0667. The minimum absolute atomic E-state index is 0.00142. The van der Waals surface area contributed by atoms with Crippen molar-refractivity contribution in [1.82, 2.24) is 0 Å². The molecule has 1 amide bonds. The monoisotopic (exact) mass is 426 g/mol. The summed E-state index contributed by atoms with van der Waals surface area (Å²) in [5.41, 5.74) is 0.127. The maximum Gasteiger partial charge on any atom is 0.338 e. The fourth-order valence-corrected chi connectivity index (χ4v) is 2.40. The summed E-state index contributed by atoms with van der Waals surface area (Å²) in [6, 6.07) is 10.5. The van der Waals surface area contributed by atoms with Gasteiger partial charge >= 0.3 is 5.97 Å². The van der Waals surface area contributed by atoms with Gasteiger partial charge in [0.15, 0.2) is 0 Å². The highest BCUT2D eigenvalue weighted by Gasteiger charge is 2.18. The molecule has 0 bridgehead atoms. The van der Waals surface area contributed by atoms with E-state index in [0.717, 1.165) is 22.8 Å². The van der Waals surface area contributed by atoms with Crippen LogP contribution in [0, 0.1) is 13.7 Å². The van der Waals surface area contributed by atoms with E-state index in [0.29, 0.717) is 5.69 Å². The summed E-state index contributed by atoms with van der Waals surface area (Å²) in [6.45, 7) is 0. The standard InChI is InChI=1S/C15H11IN2O5/c1-23-15(20)10-5-9(6-13(7-10)18(21)22)14(19)17-12-4-2-3-11(16)8-12/h2-8H,1H3,(H,17,19). The maximum absolute atomic E-state index is 12.3. The number of nitrogens with one attached hydrogen (secondary N) is 1. The number of nitro benzene ring substituents is 1. The quantitative estimate of drug-likeness (QED) is 0.350. The molecule has 0 spiro atoms. The predicted molar refractivity (Wildman–Crippen MR) is 91.5 cm³/mol. The van der Waals surface area contributed by atoms with Gasteiger partial charge in [-0.25, -0.2) is 4.79 Å². The molecule has 0 fully saturated rings. The highest BCUT2D eigenvalue weighted by molar-refractivity contribution is 14.1. The first-order valence-electron chi connectivity index (χ1n) is 6.35. The smallest absolute Gasteiger partial charge is 0.338 e. The lowest BCUT2D eigenvalue weighted by molar-refractivity contribution is -0.384. The van der Waals surface area contributed by atoms with Crippen LogP contribution >= 0.6 is 22.6 Å². The molecule has 0 heterocycles. The molecule has 118 valence electrons. The Bertz CT molecular complexity index is 791. The molecule has 2 aromatic carbocycles. The third-order valence-corrected chi connectivity index (χ3v) is 3.57. The van der Waals surface area contributed by atoms with E-state index in [2.05, 4.69) is 32.6 Å². The SMILES string of the molecule is COC(=O)c1cc(C(=O)Nc2cccc(I)c2)cc([N+](=O)[O-])c1. The molecular formula is C15H11IN2O5. The second kappa shape index (κ2) is 7.18. The Balaban J connectivity index is 2.37. The number of esters is 1. The third-order valence-electron chi connectivity index (χ3n) is 2.89. The van der Waals surface area contributed by atoms with Gasteiger partial charge in [-0.2, -0.15) is 0 Å². The second-order valence-corrected chi connectivity index (χ2v) is 5.73. The van der Waals surface area contributed by atoms with Crippen LogP contribution in [0.4, 0.5) is 11.4 Å². The number of carbonyl (C=O) groups excluding carboxylic acids is 2. The molecule has 0 atom stereocenters. The van der Waals surface area contributed by atoms with Crippen molar-refractivity contribution in [2.24, 2.45) is 0 Å². The Hall–Kier alpha value is -2.49. The van der Waals surface area contributed by atoms with Crippen LogP contribution in [0.25, 0.3) is 0 Å². The van der Waals surface area contributed by atoms with Gasteiger partial charge in [0, 0.05) is 27.0 Å². The van der Waals surface area contributed by atoms with Crippen molar-refractivity contribution in [1.29, 1.82) is 0 Å². The van der Waals surface area contributed by atoms with Crippen LogP contribution in [0.3, 0.4) is 0 Å². The summed E-state index contributed by atoms with van der Waals surface area (Å²) in [5, 5.41) is 13.6. The van der Waals surface area contributed by atoms with Crippen LogP contribution in [-0.2, 0) is 4.74 Å². The van der Waals surface area contributed by atoms with Crippen LogP contribution in [0.1, 0.15) is 20.7 Å². The van der Waals surface area contributed by atoms with E-state index in [1.54, 1.807) is 18.2 Å². The molecule has 0 unspecified atom stereocenters. The zero-order valence-corrected chi connectivity index (χ0v) is 14.1. The number of anilines is 1. The number of halogens is 1. The lowest BCUT2D eigenvalue weighted by Crippen LogP contribution is -2.14. The highest BCUT2D eigenvalue weighted by Crippen LogP contribution is 2.20. The molecule has 0 radical (unpaired) electrons. The Kier molecular flexibility index (Phi) is 5.27. The summed E-state index contributed by atoms with van der Waals surface area (Å²) in [5.74, 6) is -1.31. The number of ether oxygens (including phenoxy) is 1. The number of hydrogen-bond acceptors (Lipinski definition) is 5. The molecule has 23 heavy (non-hydrogen) atoms. The lowest BCUT2D eigenvalue weighted by atomic mass is 10.1. The van der Waals surface area contributed by atoms with Crippen LogP contribution < -0.4 is 5.32 Å². The zero-order chi connectivity index (χ0) is 17.0. The first-order valence-corrected chi connectivity index (χ1v) is 7.43. The summed E-state index contributed by atoms with van der Waals surface area (Å²) in [4.78, 5) is 34.2. The van der Waals surface area contributed by atoms with Gasteiger partial charge in [0.25, 0.3) is 11.6 Å². The average molecular weight is 426 g/mol. The lowest BCUT2D eigenvalue weighted by Gasteiger charge is -2.07. The van der Waals surface area contributed by atoms with Crippen molar-refractivity contribution in [2.45, 2.75) is 0 Å². The number of nitro groups is 1. The average Bonchev–Trinajstić information content (AvgIpc) is 2.53. The Morgan fingerprint density at radius 2 is 1.87 bits per heavy atom. The number of hydrogen-bond donors (Lipinski definition) is 1. The van der Waals surface area contributed by atoms with E-state index in [4.69, 9.17) is 0 Å². The molecular weight excluding hydrogens is 415 g/mol. The Labute approximate surface area is 144 Å². The van der Waals surface area contributed by atoms with Crippen molar-refractivity contribution in [3.63, 3.8) is 0 Å². The first kappa shape index (κ1) is 16.9. The number of carbonyl (C=O) groups is 2. The van der Waals surface area contributed by atoms with Crippen molar-refractivity contribution in [3.05, 3.63) is 67.3 Å². The molecule has 1 N–H and O–H groups in total. The number of rotatable bonds is 4. The molecule has 7 nitrogen and oxygen atoms in total. The van der Waals surface area contributed by atoms with E-state index in [1.807, 2.05) is 6.07 Å².